The zero-order valence-electron chi connectivity index (χ0n) is 9.93. The van der Waals surface area contributed by atoms with Gasteiger partial charge in [0.2, 0.25) is 15.6 Å². The van der Waals surface area contributed by atoms with Gasteiger partial charge in [0, 0.05) is 25.9 Å². The Hall–Kier alpha value is -1.18. The molecule has 0 saturated heterocycles. The second kappa shape index (κ2) is 5.95. The van der Waals surface area contributed by atoms with Crippen LogP contribution in [-0.2, 0) is 10.0 Å². The van der Waals surface area contributed by atoms with Crippen molar-refractivity contribution < 1.29 is 8.42 Å². The number of H-pyrrole nitrogens is 1. The Labute approximate surface area is 101 Å². The van der Waals surface area contributed by atoms with Crippen molar-refractivity contribution in [2.75, 3.05) is 27.2 Å². The molecule has 0 atom stereocenters. The first-order valence-corrected chi connectivity index (χ1v) is 6.72. The van der Waals surface area contributed by atoms with Crippen molar-refractivity contribution in [3.05, 3.63) is 28.7 Å². The van der Waals surface area contributed by atoms with Crippen molar-refractivity contribution in [3.8, 4) is 0 Å². The summed E-state index contributed by atoms with van der Waals surface area (Å²) in [5.41, 5.74) is -0.318. The van der Waals surface area contributed by atoms with Crippen molar-refractivity contribution >= 4 is 10.0 Å². The number of hydrogen-bond acceptors (Lipinski definition) is 4. The number of nitrogens with one attached hydrogen (secondary N) is 2. The van der Waals surface area contributed by atoms with E-state index in [0.717, 1.165) is 13.0 Å². The number of nitrogens with zero attached hydrogens (tertiary/aromatic N) is 1. The van der Waals surface area contributed by atoms with Gasteiger partial charge in [-0.05, 0) is 26.1 Å². The van der Waals surface area contributed by atoms with E-state index in [4.69, 9.17) is 0 Å². The molecule has 1 aromatic heterocycles. The minimum Gasteiger partial charge on any atom is -0.328 e. The molecule has 96 valence electrons. The third-order valence-electron chi connectivity index (χ3n) is 2.36. The fraction of sp³-hybridized carbons (Fsp3) is 0.500. The molecule has 0 aromatic carbocycles. The molecule has 2 N–H and O–H groups in total. The van der Waals surface area contributed by atoms with Crippen LogP contribution in [0.2, 0.25) is 0 Å². The molecule has 1 aromatic rings. The van der Waals surface area contributed by atoms with E-state index >= 15 is 0 Å². The van der Waals surface area contributed by atoms with E-state index in [-0.39, 0.29) is 10.5 Å². The number of aromatic nitrogens is 1. The van der Waals surface area contributed by atoms with Crippen LogP contribution in [0.25, 0.3) is 0 Å². The van der Waals surface area contributed by atoms with Gasteiger partial charge >= 0.3 is 0 Å². The van der Waals surface area contributed by atoms with Crippen molar-refractivity contribution in [3.63, 3.8) is 0 Å². The summed E-state index contributed by atoms with van der Waals surface area (Å²) >= 11 is 0. The maximum Gasteiger partial charge on any atom is 0.247 e. The highest BCUT2D eigenvalue weighted by atomic mass is 32.2. The average molecular weight is 259 g/mol. The van der Waals surface area contributed by atoms with Gasteiger partial charge in [0.05, 0.1) is 4.90 Å². The highest BCUT2D eigenvalue weighted by Gasteiger charge is 2.19. The molecule has 0 bridgehead atoms. The van der Waals surface area contributed by atoms with Crippen LogP contribution in [0.3, 0.4) is 0 Å². The molecule has 1 rings (SSSR count). The van der Waals surface area contributed by atoms with Crippen molar-refractivity contribution in [2.24, 2.45) is 0 Å². The predicted molar refractivity (Wildman–Crippen MR) is 65.4 cm³/mol. The van der Waals surface area contributed by atoms with Gasteiger partial charge in [0.25, 0.3) is 0 Å². The smallest absolute Gasteiger partial charge is 0.247 e. The molecule has 0 fully saturated rings. The lowest BCUT2D eigenvalue weighted by atomic mass is 10.4. The molecule has 0 unspecified atom stereocenters. The quantitative estimate of drug-likeness (QED) is 0.681. The van der Waals surface area contributed by atoms with E-state index in [1.54, 1.807) is 0 Å². The highest BCUT2D eigenvalue weighted by molar-refractivity contribution is 7.89. The number of hydrogen-bond donors (Lipinski definition) is 2. The fourth-order valence-corrected chi connectivity index (χ4v) is 2.51. The molecule has 17 heavy (non-hydrogen) atoms. The Balaban J connectivity index is 2.80. The van der Waals surface area contributed by atoms with Crippen LogP contribution < -0.4 is 10.9 Å². The Bertz CT molecular complexity index is 489. The minimum absolute atomic E-state index is 0.101. The standard InChI is InChI=1S/C10H17N3O3S/c1-11-6-3-7-13(2)17(15,16)9-4-5-10(14)12-8-9/h4-5,8,11H,3,6-7H2,1-2H3,(H,12,14). The molecule has 0 aliphatic rings. The Morgan fingerprint density at radius 1 is 1.41 bits per heavy atom. The van der Waals surface area contributed by atoms with E-state index in [1.807, 2.05) is 7.05 Å². The van der Waals surface area contributed by atoms with Crippen LogP contribution in [0.1, 0.15) is 6.42 Å². The summed E-state index contributed by atoms with van der Waals surface area (Å²) in [4.78, 5) is 13.3. The van der Waals surface area contributed by atoms with Crippen LogP contribution in [0.15, 0.2) is 28.0 Å². The van der Waals surface area contributed by atoms with Gasteiger partial charge in [0.1, 0.15) is 0 Å². The van der Waals surface area contributed by atoms with Crippen LogP contribution in [0, 0.1) is 0 Å². The molecule has 6 nitrogen and oxygen atoms in total. The SMILES string of the molecule is CNCCCN(C)S(=O)(=O)c1ccc(=O)[nH]c1. The minimum atomic E-state index is -3.50. The number of pyridine rings is 1. The van der Waals surface area contributed by atoms with Crippen LogP contribution in [-0.4, -0.2) is 44.9 Å². The molecular weight excluding hydrogens is 242 g/mol. The number of sulfonamides is 1. The summed E-state index contributed by atoms with van der Waals surface area (Å²) in [6, 6.07) is 2.51. The fourth-order valence-electron chi connectivity index (χ4n) is 1.34. The van der Waals surface area contributed by atoms with Gasteiger partial charge in [-0.25, -0.2) is 12.7 Å². The monoisotopic (exact) mass is 259 g/mol. The van der Waals surface area contributed by atoms with E-state index < -0.39 is 10.0 Å². The largest absolute Gasteiger partial charge is 0.328 e. The lowest BCUT2D eigenvalue weighted by molar-refractivity contribution is 0.458. The third-order valence-corrected chi connectivity index (χ3v) is 4.22. The van der Waals surface area contributed by atoms with Gasteiger partial charge < -0.3 is 10.3 Å². The van der Waals surface area contributed by atoms with E-state index in [9.17, 15) is 13.2 Å². The lowest BCUT2D eigenvalue weighted by Gasteiger charge is -2.16. The maximum absolute atomic E-state index is 12.0. The summed E-state index contributed by atoms with van der Waals surface area (Å²) < 4.78 is 25.3. The second-order valence-electron chi connectivity index (χ2n) is 3.67. The van der Waals surface area contributed by atoms with Gasteiger partial charge in [-0.1, -0.05) is 0 Å². The molecule has 1 heterocycles. The Morgan fingerprint density at radius 2 is 2.12 bits per heavy atom. The molecule has 0 aliphatic carbocycles. The first-order chi connectivity index (χ1) is 7.98. The zero-order chi connectivity index (χ0) is 12.9. The molecule has 0 radical (unpaired) electrons. The third kappa shape index (κ3) is 3.65. The van der Waals surface area contributed by atoms with Crippen LogP contribution in [0.4, 0.5) is 0 Å². The van der Waals surface area contributed by atoms with Crippen molar-refractivity contribution in [2.45, 2.75) is 11.3 Å². The molecular formula is C10H17N3O3S. The van der Waals surface area contributed by atoms with Crippen molar-refractivity contribution in [1.29, 1.82) is 0 Å². The van der Waals surface area contributed by atoms with E-state index in [1.165, 1.54) is 29.7 Å². The average Bonchev–Trinajstić information content (AvgIpc) is 2.29. The lowest BCUT2D eigenvalue weighted by Crippen LogP contribution is -2.30. The van der Waals surface area contributed by atoms with Gasteiger partial charge in [-0.2, -0.15) is 0 Å². The summed E-state index contributed by atoms with van der Waals surface area (Å²) in [5.74, 6) is 0. The highest BCUT2D eigenvalue weighted by Crippen LogP contribution is 2.11. The molecule has 0 spiro atoms. The predicted octanol–water partition coefficient (Wildman–Crippen LogP) is -0.395. The summed E-state index contributed by atoms with van der Waals surface area (Å²) in [6.45, 7) is 1.19. The molecule has 7 heteroatoms. The topological polar surface area (TPSA) is 82.3 Å². The van der Waals surface area contributed by atoms with E-state index in [2.05, 4.69) is 10.3 Å². The van der Waals surface area contributed by atoms with Crippen LogP contribution >= 0.6 is 0 Å². The first-order valence-electron chi connectivity index (χ1n) is 5.28. The van der Waals surface area contributed by atoms with E-state index in [0.29, 0.717) is 6.54 Å². The first kappa shape index (κ1) is 13.9. The molecule has 0 aliphatic heterocycles. The number of aromatic amines is 1. The van der Waals surface area contributed by atoms with Gasteiger partial charge in [0.15, 0.2) is 0 Å². The Morgan fingerprint density at radius 3 is 2.65 bits per heavy atom. The van der Waals surface area contributed by atoms with Crippen molar-refractivity contribution in [1.82, 2.24) is 14.6 Å². The number of rotatable bonds is 6. The summed E-state index contributed by atoms with van der Waals surface area (Å²) in [6.07, 6.45) is 1.95. The normalized spacial score (nSPS) is 11.9. The van der Waals surface area contributed by atoms with Crippen LogP contribution in [0.5, 0.6) is 0 Å². The molecule has 0 amide bonds. The van der Waals surface area contributed by atoms with Gasteiger partial charge in [-0.3, -0.25) is 4.79 Å². The second-order valence-corrected chi connectivity index (χ2v) is 5.72. The summed E-state index contributed by atoms with van der Waals surface area (Å²) in [5, 5.41) is 2.95. The Kier molecular flexibility index (Phi) is 4.86. The molecule has 0 saturated carbocycles. The van der Waals surface area contributed by atoms with Gasteiger partial charge in [-0.15, -0.1) is 0 Å². The maximum atomic E-state index is 12.0. The summed E-state index contributed by atoms with van der Waals surface area (Å²) in [7, 11) is -0.161. The zero-order valence-corrected chi connectivity index (χ0v) is 10.8.